The van der Waals surface area contributed by atoms with Gasteiger partial charge >= 0.3 is 0 Å². The minimum Gasteiger partial charge on any atom is -0.326 e. The lowest BCUT2D eigenvalue weighted by atomic mass is 10.1. The second-order valence-electron chi connectivity index (χ2n) is 4.64. The van der Waals surface area contributed by atoms with Crippen LogP contribution >= 0.6 is 34.2 Å². The topological polar surface area (TPSA) is 29.1 Å². The van der Waals surface area contributed by atoms with E-state index < -0.39 is 0 Å². The molecule has 20 heavy (non-hydrogen) atoms. The quantitative estimate of drug-likeness (QED) is 0.734. The third-order valence-electron chi connectivity index (χ3n) is 2.99. The lowest BCUT2D eigenvalue weighted by molar-refractivity contribution is -0.116. The van der Waals surface area contributed by atoms with Gasteiger partial charge in [0.15, 0.2) is 0 Å². The molecule has 0 saturated heterocycles. The normalized spacial score (nSPS) is 10.3. The van der Waals surface area contributed by atoms with E-state index in [1.165, 1.54) is 0 Å². The van der Waals surface area contributed by atoms with E-state index in [0.29, 0.717) is 12.8 Å². The highest BCUT2D eigenvalue weighted by molar-refractivity contribution is 14.1. The molecule has 2 aromatic rings. The number of amides is 1. The Bertz CT molecular complexity index is 628. The van der Waals surface area contributed by atoms with Crippen molar-refractivity contribution in [3.8, 4) is 0 Å². The zero-order valence-corrected chi connectivity index (χ0v) is 14.0. The molecule has 0 radical (unpaired) electrons. The smallest absolute Gasteiger partial charge is 0.224 e. The summed E-state index contributed by atoms with van der Waals surface area (Å²) in [7, 11) is 0. The summed E-state index contributed by atoms with van der Waals surface area (Å²) < 4.78 is 1.10. The van der Waals surface area contributed by atoms with Crippen LogP contribution in [0.4, 0.5) is 5.69 Å². The van der Waals surface area contributed by atoms with E-state index in [9.17, 15) is 4.79 Å². The number of anilines is 1. The number of halogens is 2. The van der Waals surface area contributed by atoms with Crippen molar-refractivity contribution in [1.82, 2.24) is 0 Å². The van der Waals surface area contributed by atoms with Crippen molar-refractivity contribution in [1.29, 1.82) is 0 Å². The van der Waals surface area contributed by atoms with Crippen molar-refractivity contribution in [3.05, 3.63) is 62.2 Å². The highest BCUT2D eigenvalue weighted by atomic mass is 127. The van der Waals surface area contributed by atoms with Gasteiger partial charge in [0.2, 0.25) is 5.91 Å². The maximum atomic E-state index is 11.9. The van der Waals surface area contributed by atoms with Crippen LogP contribution < -0.4 is 5.32 Å². The average molecular weight is 400 g/mol. The average Bonchev–Trinajstić information content (AvgIpc) is 2.40. The van der Waals surface area contributed by atoms with E-state index in [2.05, 4.69) is 27.9 Å². The summed E-state index contributed by atoms with van der Waals surface area (Å²) in [5.74, 6) is 0.0173. The van der Waals surface area contributed by atoms with Crippen LogP contribution in [-0.2, 0) is 11.2 Å². The molecular formula is C16H15ClINO. The van der Waals surface area contributed by atoms with Gasteiger partial charge in [-0.3, -0.25) is 4.79 Å². The van der Waals surface area contributed by atoms with E-state index in [1.54, 1.807) is 0 Å². The Morgan fingerprint density at radius 1 is 1.25 bits per heavy atom. The fourth-order valence-electron chi connectivity index (χ4n) is 1.84. The number of aryl methyl sites for hydroxylation is 2. The molecule has 0 aromatic heterocycles. The zero-order valence-electron chi connectivity index (χ0n) is 11.1. The van der Waals surface area contributed by atoms with Gasteiger partial charge in [0, 0.05) is 20.7 Å². The molecule has 0 heterocycles. The van der Waals surface area contributed by atoms with E-state index in [0.717, 1.165) is 25.4 Å². The maximum absolute atomic E-state index is 11.9. The van der Waals surface area contributed by atoms with Gasteiger partial charge in [0.05, 0.1) is 0 Å². The van der Waals surface area contributed by atoms with E-state index in [1.807, 2.05) is 49.4 Å². The summed E-state index contributed by atoms with van der Waals surface area (Å²) in [5.41, 5.74) is 2.97. The lowest BCUT2D eigenvalue weighted by Gasteiger charge is -2.06. The molecule has 0 saturated carbocycles. The van der Waals surface area contributed by atoms with Crippen molar-refractivity contribution in [2.24, 2.45) is 0 Å². The summed E-state index contributed by atoms with van der Waals surface area (Å²) >= 11 is 8.30. The number of carbonyl (C=O) groups is 1. The third kappa shape index (κ3) is 4.49. The van der Waals surface area contributed by atoms with E-state index in [-0.39, 0.29) is 5.91 Å². The second-order valence-corrected chi connectivity index (χ2v) is 6.29. The molecule has 0 atom stereocenters. The number of nitrogens with one attached hydrogen (secondary N) is 1. The van der Waals surface area contributed by atoms with Crippen LogP contribution in [0.25, 0.3) is 0 Å². The molecule has 104 valence electrons. The molecular weight excluding hydrogens is 385 g/mol. The zero-order chi connectivity index (χ0) is 14.5. The van der Waals surface area contributed by atoms with Gasteiger partial charge in [0.25, 0.3) is 0 Å². The molecule has 2 nitrogen and oxygen atoms in total. The Labute approximate surface area is 137 Å². The van der Waals surface area contributed by atoms with Crippen LogP contribution in [0, 0.1) is 10.5 Å². The standard InChI is InChI=1S/C16H15ClINO/c1-11-5-6-12(9-15(11)17)7-8-16(20)19-14-4-2-3-13(18)10-14/h2-6,9-10H,7-8H2,1H3,(H,19,20). The molecule has 2 aromatic carbocycles. The Balaban J connectivity index is 1.90. The van der Waals surface area contributed by atoms with Gasteiger partial charge < -0.3 is 5.32 Å². The van der Waals surface area contributed by atoms with Crippen LogP contribution in [0.5, 0.6) is 0 Å². The van der Waals surface area contributed by atoms with Crippen molar-refractivity contribution >= 4 is 45.8 Å². The van der Waals surface area contributed by atoms with Gasteiger partial charge in [-0.1, -0.05) is 29.8 Å². The minimum absolute atomic E-state index is 0.0173. The second kappa shape index (κ2) is 7.09. The monoisotopic (exact) mass is 399 g/mol. The van der Waals surface area contributed by atoms with Crippen LogP contribution in [0.15, 0.2) is 42.5 Å². The number of benzene rings is 2. The van der Waals surface area contributed by atoms with Gasteiger partial charge in [-0.15, -0.1) is 0 Å². The number of carbonyl (C=O) groups excluding carboxylic acids is 1. The van der Waals surface area contributed by atoms with E-state index >= 15 is 0 Å². The van der Waals surface area contributed by atoms with Crippen LogP contribution in [0.3, 0.4) is 0 Å². The van der Waals surface area contributed by atoms with E-state index in [4.69, 9.17) is 11.6 Å². The van der Waals surface area contributed by atoms with Crippen LogP contribution in [-0.4, -0.2) is 5.91 Å². The Hall–Kier alpha value is -1.07. The first-order valence-corrected chi connectivity index (χ1v) is 7.81. The summed E-state index contributed by atoms with van der Waals surface area (Å²) in [6, 6.07) is 13.7. The molecule has 0 spiro atoms. The van der Waals surface area contributed by atoms with Crippen molar-refractivity contribution in [2.75, 3.05) is 5.32 Å². The predicted molar refractivity (Wildman–Crippen MR) is 92.3 cm³/mol. The summed E-state index contributed by atoms with van der Waals surface area (Å²) in [4.78, 5) is 11.9. The Morgan fingerprint density at radius 3 is 2.75 bits per heavy atom. The third-order valence-corrected chi connectivity index (χ3v) is 4.06. The maximum Gasteiger partial charge on any atom is 0.224 e. The first kappa shape index (κ1) is 15.3. The van der Waals surface area contributed by atoms with Crippen molar-refractivity contribution < 1.29 is 4.79 Å². The largest absolute Gasteiger partial charge is 0.326 e. The highest BCUT2D eigenvalue weighted by Gasteiger charge is 2.05. The predicted octanol–water partition coefficient (Wildman–Crippen LogP) is 4.82. The molecule has 2 rings (SSSR count). The molecule has 0 aliphatic rings. The molecule has 4 heteroatoms. The van der Waals surface area contributed by atoms with Crippen molar-refractivity contribution in [3.63, 3.8) is 0 Å². The fourth-order valence-corrected chi connectivity index (χ4v) is 2.59. The Morgan fingerprint density at radius 2 is 2.05 bits per heavy atom. The molecule has 0 unspecified atom stereocenters. The lowest BCUT2D eigenvalue weighted by Crippen LogP contribution is -2.12. The summed E-state index contributed by atoms with van der Waals surface area (Å²) in [6.45, 7) is 1.97. The van der Waals surface area contributed by atoms with Gasteiger partial charge in [-0.05, 0) is 71.3 Å². The first-order chi connectivity index (χ1) is 9.54. The summed E-state index contributed by atoms with van der Waals surface area (Å²) in [5, 5.41) is 3.65. The molecule has 1 amide bonds. The number of hydrogen-bond acceptors (Lipinski definition) is 1. The first-order valence-electron chi connectivity index (χ1n) is 6.35. The highest BCUT2D eigenvalue weighted by Crippen LogP contribution is 2.18. The molecule has 0 bridgehead atoms. The van der Waals surface area contributed by atoms with Gasteiger partial charge in [-0.25, -0.2) is 0 Å². The SMILES string of the molecule is Cc1ccc(CCC(=O)Nc2cccc(I)c2)cc1Cl. The van der Waals surface area contributed by atoms with Gasteiger partial charge in [0.1, 0.15) is 0 Å². The molecule has 0 fully saturated rings. The molecule has 0 aliphatic heterocycles. The number of hydrogen-bond donors (Lipinski definition) is 1. The fraction of sp³-hybridized carbons (Fsp3) is 0.188. The molecule has 1 N–H and O–H groups in total. The van der Waals surface area contributed by atoms with Gasteiger partial charge in [-0.2, -0.15) is 0 Å². The minimum atomic E-state index is 0.0173. The Kier molecular flexibility index (Phi) is 5.43. The summed E-state index contributed by atoms with van der Waals surface area (Å²) in [6.07, 6.45) is 1.14. The van der Waals surface area contributed by atoms with Crippen LogP contribution in [0.2, 0.25) is 5.02 Å². The van der Waals surface area contributed by atoms with Crippen molar-refractivity contribution in [2.45, 2.75) is 19.8 Å². The number of rotatable bonds is 4. The van der Waals surface area contributed by atoms with Crippen LogP contribution in [0.1, 0.15) is 17.5 Å². The molecule has 0 aliphatic carbocycles.